The van der Waals surface area contributed by atoms with Gasteiger partial charge in [0.25, 0.3) is 5.91 Å². The third kappa shape index (κ3) is 7.99. The van der Waals surface area contributed by atoms with E-state index in [2.05, 4.69) is 22.1 Å². The van der Waals surface area contributed by atoms with Crippen LogP contribution in [0.25, 0.3) is 0 Å². The number of nitrogens with one attached hydrogen (secondary N) is 1. The highest BCUT2D eigenvalue weighted by Gasteiger charge is 2.32. The van der Waals surface area contributed by atoms with E-state index in [-0.39, 0.29) is 16.9 Å². The molecule has 0 fully saturated rings. The van der Waals surface area contributed by atoms with Crippen molar-refractivity contribution in [3.8, 4) is 11.8 Å². The molecule has 2 aromatic carbocycles. The molecule has 0 bridgehead atoms. The maximum Gasteiger partial charge on any atom is 0.416 e. The van der Waals surface area contributed by atoms with Gasteiger partial charge in [0.15, 0.2) is 0 Å². The molecule has 0 atom stereocenters. The zero-order chi connectivity index (χ0) is 28.7. The maximum absolute atomic E-state index is 13.8. The Kier molecular flexibility index (Phi) is 9.20. The molecule has 39 heavy (non-hydrogen) atoms. The molecule has 3 aromatic rings. The SMILES string of the molecule is CC/C=C\N(C=C(C)C)c1cc(NC(=O)c2ccc(C)c(C#Cc3cnc(N)c(C)c3)c2)cc(C(F)(F)F)c1. The summed E-state index contributed by atoms with van der Waals surface area (Å²) in [6.07, 6.45) is 2.97. The number of hydrogen-bond donors (Lipinski definition) is 2. The van der Waals surface area contributed by atoms with Gasteiger partial charge in [0.2, 0.25) is 0 Å². The minimum absolute atomic E-state index is 0.0264. The van der Waals surface area contributed by atoms with E-state index in [1.807, 2.05) is 46.8 Å². The van der Waals surface area contributed by atoms with Gasteiger partial charge in [-0.1, -0.05) is 36.5 Å². The normalized spacial score (nSPS) is 11.1. The predicted molar refractivity (Wildman–Crippen MR) is 151 cm³/mol. The summed E-state index contributed by atoms with van der Waals surface area (Å²) in [6.45, 7) is 9.33. The molecule has 202 valence electrons. The predicted octanol–water partition coefficient (Wildman–Crippen LogP) is 7.61. The van der Waals surface area contributed by atoms with Crippen molar-refractivity contribution in [2.45, 2.75) is 47.2 Å². The number of nitrogens with zero attached hydrogens (tertiary/aromatic N) is 2. The zero-order valence-electron chi connectivity index (χ0n) is 22.6. The zero-order valence-corrected chi connectivity index (χ0v) is 22.6. The summed E-state index contributed by atoms with van der Waals surface area (Å²) in [5.41, 5.74) is 9.30. The number of allylic oxidation sites excluding steroid dienone is 2. The molecular weight excluding hydrogens is 501 g/mol. The fourth-order valence-electron chi connectivity index (χ4n) is 3.59. The first-order valence-electron chi connectivity index (χ1n) is 12.4. The highest BCUT2D eigenvalue weighted by molar-refractivity contribution is 6.04. The quantitative estimate of drug-likeness (QED) is 0.321. The largest absolute Gasteiger partial charge is 0.416 e. The first-order chi connectivity index (χ1) is 18.4. The lowest BCUT2D eigenvalue weighted by molar-refractivity contribution is -0.137. The second-order valence-corrected chi connectivity index (χ2v) is 9.33. The van der Waals surface area contributed by atoms with E-state index < -0.39 is 17.6 Å². The van der Waals surface area contributed by atoms with Crippen LogP contribution in [-0.4, -0.2) is 10.9 Å². The summed E-state index contributed by atoms with van der Waals surface area (Å²) >= 11 is 0. The van der Waals surface area contributed by atoms with E-state index >= 15 is 0 Å². The molecular formula is C31H31F3N4O. The Morgan fingerprint density at radius 3 is 2.46 bits per heavy atom. The third-order valence-electron chi connectivity index (χ3n) is 5.66. The molecule has 0 aliphatic rings. The lowest BCUT2D eigenvalue weighted by atomic mass is 10.0. The molecule has 1 aromatic heterocycles. The molecule has 5 nitrogen and oxygen atoms in total. The van der Waals surface area contributed by atoms with Gasteiger partial charge in [0.1, 0.15) is 5.82 Å². The first kappa shape index (κ1) is 29.1. The highest BCUT2D eigenvalue weighted by atomic mass is 19.4. The molecule has 0 unspecified atom stereocenters. The molecule has 0 saturated carbocycles. The molecule has 1 amide bonds. The smallest absolute Gasteiger partial charge is 0.383 e. The van der Waals surface area contributed by atoms with Crippen molar-refractivity contribution in [2.24, 2.45) is 0 Å². The minimum Gasteiger partial charge on any atom is -0.383 e. The number of rotatable bonds is 6. The number of alkyl halides is 3. The van der Waals surface area contributed by atoms with E-state index in [1.165, 1.54) is 6.07 Å². The van der Waals surface area contributed by atoms with E-state index in [1.54, 1.807) is 41.7 Å². The summed E-state index contributed by atoms with van der Waals surface area (Å²) in [5, 5.41) is 2.63. The van der Waals surface area contributed by atoms with E-state index in [0.717, 1.165) is 28.8 Å². The van der Waals surface area contributed by atoms with Gasteiger partial charge in [-0.3, -0.25) is 4.79 Å². The molecule has 0 spiro atoms. The number of amides is 1. The average molecular weight is 533 g/mol. The van der Waals surface area contributed by atoms with Gasteiger partial charge in [0, 0.05) is 46.7 Å². The average Bonchev–Trinajstić information content (AvgIpc) is 2.87. The molecule has 0 aliphatic heterocycles. The number of nitrogens with two attached hydrogens (primary N) is 1. The molecule has 3 N–H and O–H groups in total. The lowest BCUT2D eigenvalue weighted by Gasteiger charge is -2.20. The second-order valence-electron chi connectivity index (χ2n) is 9.33. The lowest BCUT2D eigenvalue weighted by Crippen LogP contribution is -2.16. The van der Waals surface area contributed by atoms with Crippen molar-refractivity contribution < 1.29 is 18.0 Å². The van der Waals surface area contributed by atoms with Gasteiger partial charge in [-0.15, -0.1) is 0 Å². The monoisotopic (exact) mass is 532 g/mol. The van der Waals surface area contributed by atoms with Gasteiger partial charge in [0.05, 0.1) is 5.56 Å². The van der Waals surface area contributed by atoms with Gasteiger partial charge in [-0.2, -0.15) is 13.2 Å². The van der Waals surface area contributed by atoms with E-state index in [0.29, 0.717) is 23.4 Å². The number of aryl methyl sites for hydroxylation is 2. The van der Waals surface area contributed by atoms with E-state index in [9.17, 15) is 18.0 Å². The van der Waals surface area contributed by atoms with Crippen LogP contribution in [0.5, 0.6) is 0 Å². The molecule has 3 rings (SSSR count). The van der Waals surface area contributed by atoms with Crippen molar-refractivity contribution in [1.29, 1.82) is 0 Å². The van der Waals surface area contributed by atoms with Crippen LogP contribution in [0.2, 0.25) is 0 Å². The summed E-state index contributed by atoms with van der Waals surface area (Å²) in [4.78, 5) is 18.8. The van der Waals surface area contributed by atoms with Gasteiger partial charge in [-0.25, -0.2) is 4.98 Å². The van der Waals surface area contributed by atoms with Gasteiger partial charge >= 0.3 is 6.18 Å². The standard InChI is InChI=1S/C31H31F3N4O/c1-6-7-12-38(19-20(2)3)28-16-26(31(32,33)34)15-27(17-28)37-30(39)25-10-8-21(4)24(14-25)11-9-23-13-22(5)29(35)36-18-23/h7-8,10,12-19H,6H2,1-5H3,(H2,35,36)(H,37,39)/b12-7-. The molecule has 0 aliphatic carbocycles. The summed E-state index contributed by atoms with van der Waals surface area (Å²) in [6, 6.07) is 10.3. The maximum atomic E-state index is 13.8. The van der Waals surface area contributed by atoms with Crippen LogP contribution in [0.1, 0.15) is 65.4 Å². The van der Waals surface area contributed by atoms with Crippen molar-refractivity contribution in [1.82, 2.24) is 4.98 Å². The van der Waals surface area contributed by atoms with Crippen molar-refractivity contribution in [2.75, 3.05) is 16.0 Å². The number of hydrogen-bond acceptors (Lipinski definition) is 4. The van der Waals surface area contributed by atoms with Crippen LogP contribution >= 0.6 is 0 Å². The van der Waals surface area contributed by atoms with Gasteiger partial charge in [-0.05, 0) is 81.6 Å². The number of carbonyl (C=O) groups is 1. The second kappa shape index (κ2) is 12.4. The van der Waals surface area contributed by atoms with Crippen LogP contribution in [0.15, 0.2) is 72.7 Å². The minimum atomic E-state index is -4.59. The highest BCUT2D eigenvalue weighted by Crippen LogP contribution is 2.35. The number of carbonyl (C=O) groups excluding carboxylic acids is 1. The van der Waals surface area contributed by atoms with Crippen LogP contribution in [-0.2, 0) is 6.18 Å². The van der Waals surface area contributed by atoms with Crippen LogP contribution in [0.3, 0.4) is 0 Å². The van der Waals surface area contributed by atoms with Crippen LogP contribution in [0.4, 0.5) is 30.4 Å². The molecule has 8 heteroatoms. The summed E-state index contributed by atoms with van der Waals surface area (Å²) in [5.74, 6) is 5.94. The summed E-state index contributed by atoms with van der Waals surface area (Å²) < 4.78 is 41.3. The Hall–Kier alpha value is -4.51. The number of aromatic nitrogens is 1. The third-order valence-corrected chi connectivity index (χ3v) is 5.66. The van der Waals surface area contributed by atoms with Crippen LogP contribution in [0, 0.1) is 25.7 Å². The topological polar surface area (TPSA) is 71.2 Å². The Morgan fingerprint density at radius 2 is 1.82 bits per heavy atom. The number of pyridine rings is 1. The fraction of sp³-hybridized carbons (Fsp3) is 0.226. The van der Waals surface area contributed by atoms with E-state index in [4.69, 9.17) is 5.73 Å². The molecule has 0 saturated heterocycles. The number of halogens is 3. The number of benzene rings is 2. The first-order valence-corrected chi connectivity index (χ1v) is 12.4. The Labute approximate surface area is 227 Å². The Morgan fingerprint density at radius 1 is 1.08 bits per heavy atom. The molecule has 0 radical (unpaired) electrons. The summed E-state index contributed by atoms with van der Waals surface area (Å²) in [7, 11) is 0. The fourth-order valence-corrected chi connectivity index (χ4v) is 3.59. The Balaban J connectivity index is 1.96. The number of anilines is 3. The number of nitrogen functional groups attached to an aromatic ring is 1. The van der Waals surface area contributed by atoms with Crippen LogP contribution < -0.4 is 16.0 Å². The van der Waals surface area contributed by atoms with Crippen molar-refractivity contribution >= 4 is 23.1 Å². The van der Waals surface area contributed by atoms with Gasteiger partial charge < -0.3 is 16.0 Å². The van der Waals surface area contributed by atoms with Crippen molar-refractivity contribution in [3.63, 3.8) is 0 Å². The molecule has 1 heterocycles. The van der Waals surface area contributed by atoms with Crippen molar-refractivity contribution in [3.05, 3.63) is 106 Å². The Bertz CT molecular complexity index is 1490.